The minimum atomic E-state index is -2.04. The molecule has 0 aliphatic rings. The molecule has 2 heteroatoms. The fraction of sp³-hybridized carbons (Fsp3) is 0.455. The highest BCUT2D eigenvalue weighted by Crippen LogP contribution is 2.34. The second-order valence-corrected chi connectivity index (χ2v) is 6.40. The van der Waals surface area contributed by atoms with E-state index in [1.165, 1.54) is 5.56 Å². The second-order valence-electron chi connectivity index (χ2n) is 3.19. The highest BCUT2D eigenvalue weighted by Gasteiger charge is 2.08. The molecule has 1 nitrogen and oxygen atoms in total. The zero-order chi connectivity index (χ0) is 10.5. The number of aryl methyl sites for hydroxylation is 1. The second kappa shape index (κ2) is 5.24. The van der Waals surface area contributed by atoms with Gasteiger partial charge in [0.05, 0.1) is 0 Å². The van der Waals surface area contributed by atoms with Crippen molar-refractivity contribution in [3.8, 4) is 0 Å². The van der Waals surface area contributed by atoms with Crippen LogP contribution < -0.4 is 5.30 Å². The molecule has 74 valence electrons. The Morgan fingerprint density at radius 3 is 1.69 bits per heavy atom. The van der Waals surface area contributed by atoms with Crippen molar-refractivity contribution in [1.29, 1.82) is 0 Å². The third kappa shape index (κ3) is 4.28. The van der Waals surface area contributed by atoms with Crippen LogP contribution in [0, 0.1) is 6.92 Å². The first kappa shape index (κ1) is 12.4. The number of hydrogen-bond acceptors (Lipinski definition) is 1. The van der Waals surface area contributed by atoms with Gasteiger partial charge in [0.25, 0.3) is 0 Å². The molecule has 1 aromatic carbocycles. The van der Waals surface area contributed by atoms with Gasteiger partial charge in [-0.2, -0.15) is 0 Å². The molecule has 13 heavy (non-hydrogen) atoms. The van der Waals surface area contributed by atoms with Crippen LogP contribution in [-0.4, -0.2) is 13.3 Å². The van der Waals surface area contributed by atoms with Crippen LogP contribution in [0.1, 0.15) is 19.4 Å². The average molecular weight is 198 g/mol. The zero-order valence-electron chi connectivity index (χ0n) is 9.16. The summed E-state index contributed by atoms with van der Waals surface area (Å²) >= 11 is 0. The Morgan fingerprint density at radius 2 is 1.38 bits per heavy atom. The standard InChI is InChI=1S/C9H13OP.C2H6/c1-8-4-6-9(7-5-8)11(2,3)10;1-2/h4-7H,1-3H3;1-2H3. The van der Waals surface area contributed by atoms with E-state index in [0.717, 1.165) is 5.30 Å². The topological polar surface area (TPSA) is 17.1 Å². The van der Waals surface area contributed by atoms with Crippen LogP contribution in [0.25, 0.3) is 0 Å². The van der Waals surface area contributed by atoms with Crippen LogP contribution in [0.15, 0.2) is 24.3 Å². The lowest BCUT2D eigenvalue weighted by molar-refractivity contribution is 0.588. The van der Waals surface area contributed by atoms with E-state index < -0.39 is 7.14 Å². The van der Waals surface area contributed by atoms with Crippen molar-refractivity contribution in [3.63, 3.8) is 0 Å². The Hall–Kier alpha value is -0.550. The van der Waals surface area contributed by atoms with Crippen LogP contribution in [0.2, 0.25) is 0 Å². The smallest absolute Gasteiger partial charge is 0.109 e. The summed E-state index contributed by atoms with van der Waals surface area (Å²) in [5, 5.41) is 0.961. The summed E-state index contributed by atoms with van der Waals surface area (Å²) in [6, 6.07) is 7.87. The molecular formula is C11H19OP. The maximum atomic E-state index is 11.5. The quantitative estimate of drug-likeness (QED) is 0.633. The van der Waals surface area contributed by atoms with Gasteiger partial charge in [0.1, 0.15) is 7.14 Å². The Labute approximate surface area is 81.6 Å². The first-order valence-electron chi connectivity index (χ1n) is 4.62. The lowest BCUT2D eigenvalue weighted by Crippen LogP contribution is -2.01. The van der Waals surface area contributed by atoms with Gasteiger partial charge >= 0.3 is 0 Å². The van der Waals surface area contributed by atoms with Crippen LogP contribution in [0.3, 0.4) is 0 Å². The summed E-state index contributed by atoms with van der Waals surface area (Å²) in [4.78, 5) is 0. The van der Waals surface area contributed by atoms with Crippen molar-refractivity contribution in [2.75, 3.05) is 13.3 Å². The van der Waals surface area contributed by atoms with Crippen LogP contribution in [0.4, 0.5) is 0 Å². The summed E-state index contributed by atoms with van der Waals surface area (Å²) in [5.41, 5.74) is 1.21. The molecule has 0 radical (unpaired) electrons. The highest BCUT2D eigenvalue weighted by atomic mass is 31.2. The van der Waals surface area contributed by atoms with E-state index in [0.29, 0.717) is 0 Å². The maximum absolute atomic E-state index is 11.5. The summed E-state index contributed by atoms with van der Waals surface area (Å²) in [6.45, 7) is 9.61. The van der Waals surface area contributed by atoms with Gasteiger partial charge < -0.3 is 4.57 Å². The van der Waals surface area contributed by atoms with E-state index >= 15 is 0 Å². The van der Waals surface area contributed by atoms with Crippen molar-refractivity contribution in [1.82, 2.24) is 0 Å². The molecule has 0 spiro atoms. The summed E-state index contributed by atoms with van der Waals surface area (Å²) in [5.74, 6) is 0. The molecule has 0 saturated heterocycles. The lowest BCUT2D eigenvalue weighted by atomic mass is 10.2. The van der Waals surface area contributed by atoms with E-state index in [9.17, 15) is 4.57 Å². The summed E-state index contributed by atoms with van der Waals surface area (Å²) < 4.78 is 11.5. The normalized spacial score (nSPS) is 10.2. The minimum absolute atomic E-state index is 0.961. The molecule has 0 aliphatic carbocycles. The van der Waals surface area contributed by atoms with E-state index in [2.05, 4.69) is 0 Å². The van der Waals surface area contributed by atoms with E-state index in [1.54, 1.807) is 13.3 Å². The molecule has 0 aromatic heterocycles. The number of rotatable bonds is 1. The van der Waals surface area contributed by atoms with Gasteiger partial charge in [-0.3, -0.25) is 0 Å². The molecule has 0 saturated carbocycles. The highest BCUT2D eigenvalue weighted by molar-refractivity contribution is 7.70. The van der Waals surface area contributed by atoms with Gasteiger partial charge in [0.2, 0.25) is 0 Å². The van der Waals surface area contributed by atoms with Gasteiger partial charge in [-0.05, 0) is 20.3 Å². The van der Waals surface area contributed by atoms with Gasteiger partial charge in [0, 0.05) is 5.30 Å². The van der Waals surface area contributed by atoms with Crippen molar-refractivity contribution >= 4 is 12.4 Å². The molecule has 0 fully saturated rings. The lowest BCUT2D eigenvalue weighted by Gasteiger charge is -2.05. The summed E-state index contributed by atoms with van der Waals surface area (Å²) in [7, 11) is -2.04. The van der Waals surface area contributed by atoms with E-state index in [1.807, 2.05) is 45.0 Å². The third-order valence-corrected chi connectivity index (χ3v) is 3.20. The van der Waals surface area contributed by atoms with Crippen LogP contribution in [-0.2, 0) is 4.57 Å². The van der Waals surface area contributed by atoms with Crippen molar-refractivity contribution in [2.45, 2.75) is 20.8 Å². The molecule has 0 aliphatic heterocycles. The first-order chi connectivity index (χ1) is 6.00. The maximum Gasteiger partial charge on any atom is 0.109 e. The molecular weight excluding hydrogens is 179 g/mol. The van der Waals surface area contributed by atoms with Gasteiger partial charge in [-0.25, -0.2) is 0 Å². The number of benzene rings is 1. The molecule has 1 rings (SSSR count). The zero-order valence-corrected chi connectivity index (χ0v) is 10.1. The Balaban J connectivity index is 0.000000671. The molecule has 0 unspecified atom stereocenters. The fourth-order valence-electron chi connectivity index (χ4n) is 0.904. The SMILES string of the molecule is CC.Cc1ccc(P(C)(C)=O)cc1. The molecule has 0 amide bonds. The van der Waals surface area contributed by atoms with E-state index in [4.69, 9.17) is 0 Å². The molecule has 0 atom stereocenters. The Kier molecular flexibility index (Phi) is 5.02. The predicted molar refractivity (Wildman–Crippen MR) is 61.6 cm³/mol. The van der Waals surface area contributed by atoms with E-state index in [-0.39, 0.29) is 0 Å². The van der Waals surface area contributed by atoms with Gasteiger partial charge in [-0.1, -0.05) is 43.7 Å². The van der Waals surface area contributed by atoms with Crippen molar-refractivity contribution in [3.05, 3.63) is 29.8 Å². The van der Waals surface area contributed by atoms with Crippen LogP contribution in [0.5, 0.6) is 0 Å². The largest absolute Gasteiger partial charge is 0.319 e. The Bertz CT molecular complexity index is 281. The average Bonchev–Trinajstić information content (AvgIpc) is 2.07. The molecule has 0 N–H and O–H groups in total. The summed E-state index contributed by atoms with van der Waals surface area (Å²) in [6.07, 6.45) is 0. The molecule has 0 bridgehead atoms. The Morgan fingerprint density at radius 1 is 1.00 bits per heavy atom. The van der Waals surface area contributed by atoms with Crippen LogP contribution >= 0.6 is 7.14 Å². The van der Waals surface area contributed by atoms with Crippen molar-refractivity contribution in [2.24, 2.45) is 0 Å². The van der Waals surface area contributed by atoms with Gasteiger partial charge in [-0.15, -0.1) is 0 Å². The third-order valence-electron chi connectivity index (χ3n) is 1.66. The minimum Gasteiger partial charge on any atom is -0.319 e. The monoisotopic (exact) mass is 198 g/mol. The number of hydrogen-bond donors (Lipinski definition) is 0. The van der Waals surface area contributed by atoms with Gasteiger partial charge in [0.15, 0.2) is 0 Å². The molecule has 0 heterocycles. The molecule has 1 aromatic rings. The fourth-order valence-corrected chi connectivity index (χ4v) is 1.77. The first-order valence-corrected chi connectivity index (χ1v) is 7.22. The predicted octanol–water partition coefficient (Wildman–Crippen LogP) is 3.27. The van der Waals surface area contributed by atoms with Crippen molar-refractivity contribution < 1.29 is 4.57 Å².